The summed E-state index contributed by atoms with van der Waals surface area (Å²) in [6.07, 6.45) is 3.56. The predicted molar refractivity (Wildman–Crippen MR) is 167 cm³/mol. The van der Waals surface area contributed by atoms with Crippen molar-refractivity contribution in [2.24, 2.45) is 17.3 Å². The number of fused-ring (bicyclic) bond motifs is 3. The molecule has 5 atom stereocenters. The Hall–Kier alpha value is -3.73. The fraction of sp³-hybridized carbons (Fsp3) is 0.486. The lowest BCUT2D eigenvalue weighted by atomic mass is 9.90. The number of alkyl halides is 3. The molecule has 3 aliphatic rings. The molecule has 0 N–H and O–H groups in total. The molecule has 2 aliphatic heterocycles. The summed E-state index contributed by atoms with van der Waals surface area (Å²) in [7, 11) is 1.32. The summed E-state index contributed by atoms with van der Waals surface area (Å²) in [5, 5.41) is 0.438. The molecular formula is C35H37F3N2O5S. The molecule has 0 unspecified atom stereocenters. The van der Waals surface area contributed by atoms with Crippen molar-refractivity contribution in [1.29, 1.82) is 0 Å². The highest BCUT2D eigenvalue weighted by atomic mass is 32.1. The van der Waals surface area contributed by atoms with Gasteiger partial charge in [0.1, 0.15) is 6.10 Å². The molecule has 7 nitrogen and oxygen atoms in total. The molecule has 2 aromatic carbocycles. The SMILES string of the molecule is COC(=O)[C@]12CC(=O)[C@@H]3C[C@@H](Oc4nc5ccccc5s4)CN3C(=O)[C@@H](Cc3cccc(C(F)(F)F)c3)CCCCC/C=C\[C@H]1C2. The van der Waals surface area contributed by atoms with Crippen molar-refractivity contribution in [3.8, 4) is 5.19 Å². The minimum Gasteiger partial charge on any atom is -0.469 e. The van der Waals surface area contributed by atoms with Crippen LogP contribution < -0.4 is 4.74 Å². The zero-order chi connectivity index (χ0) is 32.5. The van der Waals surface area contributed by atoms with Gasteiger partial charge in [-0.1, -0.05) is 66.7 Å². The number of methoxy groups -OCH3 is 1. The summed E-state index contributed by atoms with van der Waals surface area (Å²) < 4.78 is 52.9. The van der Waals surface area contributed by atoms with Gasteiger partial charge in [-0.2, -0.15) is 13.2 Å². The second kappa shape index (κ2) is 13.2. The number of carbonyl (C=O) groups is 3. The van der Waals surface area contributed by atoms with Gasteiger partial charge in [-0.25, -0.2) is 4.98 Å². The van der Waals surface area contributed by atoms with Gasteiger partial charge in [0.25, 0.3) is 5.19 Å². The number of ether oxygens (including phenoxy) is 2. The van der Waals surface area contributed by atoms with Crippen molar-refractivity contribution in [3.05, 3.63) is 71.8 Å². The molecule has 0 radical (unpaired) electrons. The van der Waals surface area contributed by atoms with Crippen molar-refractivity contribution >= 4 is 39.2 Å². The third-order valence-corrected chi connectivity index (χ3v) is 10.5. The van der Waals surface area contributed by atoms with Crippen LogP contribution in [0.15, 0.2) is 60.7 Å². The summed E-state index contributed by atoms with van der Waals surface area (Å²) in [5.41, 5.74) is -0.506. The zero-order valence-electron chi connectivity index (χ0n) is 25.6. The van der Waals surface area contributed by atoms with Gasteiger partial charge < -0.3 is 14.4 Å². The minimum absolute atomic E-state index is 0.0602. The van der Waals surface area contributed by atoms with Crippen LogP contribution in [0.5, 0.6) is 5.19 Å². The molecular weight excluding hydrogens is 617 g/mol. The Balaban J connectivity index is 1.30. The van der Waals surface area contributed by atoms with Gasteiger partial charge in [0.15, 0.2) is 5.78 Å². The summed E-state index contributed by atoms with van der Waals surface area (Å²) in [4.78, 5) is 47.5. The van der Waals surface area contributed by atoms with Crippen LogP contribution in [0.3, 0.4) is 0 Å². The Labute approximate surface area is 269 Å². The topological polar surface area (TPSA) is 85.8 Å². The van der Waals surface area contributed by atoms with Crippen LogP contribution in [0.1, 0.15) is 62.5 Å². The standard InChI is InChI=1S/C35H37F3N2O5S/c1-44-32(43)34-19-25(34)12-6-4-2-3-5-11-23(16-22-10-9-13-24(17-22)35(36,37)38)31(42)40-21-26(18-28(40)29(41)20-34)45-33-39-27-14-7-8-15-30(27)46-33/h6-10,12-15,17,23,25-26,28H,2-5,11,16,18-21H2,1H3/b12-6-/t23-,25+,26-,28+,34-/m1/s1. The number of hydrogen-bond acceptors (Lipinski definition) is 7. The summed E-state index contributed by atoms with van der Waals surface area (Å²) in [6, 6.07) is 11.9. The second-order valence-corrected chi connectivity index (χ2v) is 13.7. The third kappa shape index (κ3) is 6.84. The molecule has 3 heterocycles. The summed E-state index contributed by atoms with van der Waals surface area (Å²) >= 11 is 1.38. The number of carbonyl (C=O) groups excluding carboxylic acids is 3. The Bertz CT molecular complexity index is 1600. The fourth-order valence-electron chi connectivity index (χ4n) is 7.00. The fourth-order valence-corrected chi connectivity index (χ4v) is 7.88. The quantitative estimate of drug-likeness (QED) is 0.214. The number of allylic oxidation sites excluding steroid dienone is 2. The Morgan fingerprint density at radius 1 is 1.11 bits per heavy atom. The third-order valence-electron chi connectivity index (χ3n) is 9.55. The molecule has 3 aromatic rings. The molecule has 1 saturated carbocycles. The minimum atomic E-state index is -4.50. The normalized spacial score (nSPS) is 28.1. The van der Waals surface area contributed by atoms with Gasteiger partial charge in [-0.05, 0) is 61.8 Å². The maximum absolute atomic E-state index is 14.4. The van der Waals surface area contributed by atoms with E-state index in [1.54, 1.807) is 11.0 Å². The summed E-state index contributed by atoms with van der Waals surface area (Å²) in [6.45, 7) is 0.138. The predicted octanol–water partition coefficient (Wildman–Crippen LogP) is 7.18. The van der Waals surface area contributed by atoms with Crippen LogP contribution in [-0.2, 0) is 31.7 Å². The molecule has 1 aromatic heterocycles. The monoisotopic (exact) mass is 654 g/mol. The number of nitrogens with zero attached hydrogens (tertiary/aromatic N) is 2. The van der Waals surface area contributed by atoms with E-state index in [2.05, 4.69) is 11.1 Å². The van der Waals surface area contributed by atoms with E-state index in [1.807, 2.05) is 30.3 Å². The highest BCUT2D eigenvalue weighted by molar-refractivity contribution is 7.20. The first kappa shape index (κ1) is 32.2. The van der Waals surface area contributed by atoms with Gasteiger partial charge in [0, 0.05) is 18.8 Å². The second-order valence-electron chi connectivity index (χ2n) is 12.7. The number of thiazole rings is 1. The number of aromatic nitrogens is 1. The number of Topliss-reactive ketones (excluding diaryl/α,β-unsaturated/α-hetero) is 1. The number of ketones is 1. The first-order chi connectivity index (χ1) is 22.1. The van der Waals surface area contributed by atoms with E-state index in [9.17, 15) is 27.6 Å². The molecule has 0 spiro atoms. The van der Waals surface area contributed by atoms with E-state index < -0.39 is 41.2 Å². The van der Waals surface area contributed by atoms with E-state index in [0.29, 0.717) is 23.6 Å². The highest BCUT2D eigenvalue weighted by Gasteiger charge is 2.61. The molecule has 1 aliphatic carbocycles. The van der Waals surface area contributed by atoms with Gasteiger partial charge >= 0.3 is 12.1 Å². The lowest BCUT2D eigenvalue weighted by Crippen LogP contribution is -2.45. The number of benzene rings is 2. The Kier molecular flexibility index (Phi) is 9.23. The van der Waals surface area contributed by atoms with Crippen LogP contribution >= 0.6 is 11.3 Å². The van der Waals surface area contributed by atoms with Crippen molar-refractivity contribution < 1.29 is 37.0 Å². The average molecular weight is 655 g/mol. The van der Waals surface area contributed by atoms with E-state index in [4.69, 9.17) is 9.47 Å². The zero-order valence-corrected chi connectivity index (χ0v) is 26.4. The Morgan fingerprint density at radius 3 is 2.72 bits per heavy atom. The number of esters is 1. The molecule has 0 bridgehead atoms. The number of hydrogen-bond donors (Lipinski definition) is 0. The first-order valence-corrected chi connectivity index (χ1v) is 16.7. The van der Waals surface area contributed by atoms with E-state index in [-0.39, 0.29) is 43.4 Å². The van der Waals surface area contributed by atoms with Gasteiger partial charge in [-0.15, -0.1) is 0 Å². The van der Waals surface area contributed by atoms with Crippen LogP contribution in [-0.4, -0.2) is 53.3 Å². The largest absolute Gasteiger partial charge is 0.469 e. The lowest BCUT2D eigenvalue weighted by Gasteiger charge is -2.29. The smallest absolute Gasteiger partial charge is 0.416 e. The van der Waals surface area contributed by atoms with Crippen molar-refractivity contribution in [3.63, 3.8) is 0 Å². The number of para-hydroxylation sites is 1. The van der Waals surface area contributed by atoms with E-state index in [0.717, 1.165) is 48.0 Å². The van der Waals surface area contributed by atoms with Gasteiger partial charge in [0.2, 0.25) is 5.91 Å². The molecule has 1 saturated heterocycles. The number of amides is 1. The molecule has 244 valence electrons. The van der Waals surface area contributed by atoms with Crippen LogP contribution in [0.4, 0.5) is 13.2 Å². The maximum Gasteiger partial charge on any atom is 0.416 e. The average Bonchev–Trinajstić information content (AvgIpc) is 3.34. The number of halogens is 3. The van der Waals surface area contributed by atoms with Crippen molar-refractivity contribution in [1.82, 2.24) is 9.88 Å². The van der Waals surface area contributed by atoms with Crippen LogP contribution in [0.25, 0.3) is 10.2 Å². The van der Waals surface area contributed by atoms with Crippen LogP contribution in [0, 0.1) is 17.3 Å². The number of rotatable bonds is 5. The molecule has 6 rings (SSSR count). The lowest BCUT2D eigenvalue weighted by molar-refractivity contribution is -0.150. The van der Waals surface area contributed by atoms with E-state index in [1.165, 1.54) is 24.5 Å². The van der Waals surface area contributed by atoms with Crippen LogP contribution in [0.2, 0.25) is 0 Å². The van der Waals surface area contributed by atoms with Crippen molar-refractivity contribution in [2.75, 3.05) is 13.7 Å². The molecule has 46 heavy (non-hydrogen) atoms. The molecule has 2 fully saturated rings. The Morgan fingerprint density at radius 2 is 1.93 bits per heavy atom. The van der Waals surface area contributed by atoms with Gasteiger partial charge in [0.05, 0.1) is 40.9 Å². The molecule has 11 heteroatoms. The summed E-state index contributed by atoms with van der Waals surface area (Å²) in [5.74, 6) is -1.68. The van der Waals surface area contributed by atoms with E-state index >= 15 is 0 Å². The maximum atomic E-state index is 14.4. The van der Waals surface area contributed by atoms with Gasteiger partial charge in [-0.3, -0.25) is 14.4 Å². The molecule has 1 amide bonds. The van der Waals surface area contributed by atoms with Crippen molar-refractivity contribution in [2.45, 2.75) is 76.1 Å². The highest BCUT2D eigenvalue weighted by Crippen LogP contribution is 2.57. The first-order valence-electron chi connectivity index (χ1n) is 15.8.